The van der Waals surface area contributed by atoms with Gasteiger partial charge in [0.25, 0.3) is 10.0 Å². The first-order chi connectivity index (χ1) is 19.9. The second kappa shape index (κ2) is 14.7. The molecule has 0 spiro atoms. The van der Waals surface area contributed by atoms with Gasteiger partial charge >= 0.3 is 0 Å². The Morgan fingerprint density at radius 3 is 2.10 bits per heavy atom. The molecule has 3 rings (SSSR count). The number of anilines is 1. The zero-order valence-corrected chi connectivity index (χ0v) is 26.1. The molecule has 12 heteroatoms. The van der Waals surface area contributed by atoms with Crippen LogP contribution in [-0.4, -0.2) is 50.4 Å². The molecule has 0 aliphatic carbocycles. The lowest BCUT2D eigenvalue weighted by Gasteiger charge is -2.33. The van der Waals surface area contributed by atoms with Gasteiger partial charge in [-0.05, 0) is 87.9 Å². The van der Waals surface area contributed by atoms with Crippen molar-refractivity contribution in [2.75, 3.05) is 17.5 Å². The maximum atomic E-state index is 14.0. The van der Waals surface area contributed by atoms with Crippen LogP contribution < -0.4 is 14.4 Å². The molecule has 3 aromatic carbocycles. The van der Waals surface area contributed by atoms with Crippen molar-refractivity contribution in [2.45, 2.75) is 57.6 Å². The Labute approximate surface area is 256 Å². The highest BCUT2D eigenvalue weighted by atomic mass is 35.5. The lowest BCUT2D eigenvalue weighted by molar-refractivity contribution is -0.139. The first-order valence-electron chi connectivity index (χ1n) is 13.4. The molecule has 0 fully saturated rings. The van der Waals surface area contributed by atoms with Gasteiger partial charge in [-0.25, -0.2) is 12.8 Å². The van der Waals surface area contributed by atoms with Crippen molar-refractivity contribution in [1.82, 2.24) is 10.2 Å². The summed E-state index contributed by atoms with van der Waals surface area (Å²) in [4.78, 5) is 28.2. The number of carbonyl (C=O) groups excluding carboxylic acids is 2. The van der Waals surface area contributed by atoms with Crippen LogP contribution in [0.2, 0.25) is 10.0 Å². The van der Waals surface area contributed by atoms with Crippen molar-refractivity contribution < 1.29 is 27.1 Å². The number of hydrogen-bond acceptors (Lipinski definition) is 5. The van der Waals surface area contributed by atoms with E-state index in [9.17, 15) is 22.4 Å². The van der Waals surface area contributed by atoms with Crippen molar-refractivity contribution >= 4 is 50.7 Å². The summed E-state index contributed by atoms with van der Waals surface area (Å²) in [5.74, 6) is -1.20. The lowest BCUT2D eigenvalue weighted by atomic mass is 10.1. The zero-order valence-electron chi connectivity index (χ0n) is 23.8. The molecular formula is C30H34Cl2FN3O5S. The summed E-state index contributed by atoms with van der Waals surface area (Å²) < 4.78 is 47.7. The van der Waals surface area contributed by atoms with Crippen LogP contribution in [-0.2, 0) is 26.2 Å². The number of amides is 2. The number of sulfonamides is 1. The second-order valence-corrected chi connectivity index (χ2v) is 12.3. The van der Waals surface area contributed by atoms with Gasteiger partial charge in [0.1, 0.15) is 24.2 Å². The predicted octanol–water partition coefficient (Wildman–Crippen LogP) is 6.06. The van der Waals surface area contributed by atoms with E-state index >= 15 is 0 Å². The molecule has 42 heavy (non-hydrogen) atoms. The molecule has 0 bridgehead atoms. The van der Waals surface area contributed by atoms with Gasteiger partial charge in [-0.15, -0.1) is 0 Å². The number of carbonyl (C=O) groups is 2. The Morgan fingerprint density at radius 1 is 0.952 bits per heavy atom. The number of benzene rings is 3. The smallest absolute Gasteiger partial charge is 0.264 e. The standard InChI is InChI=1S/C30H34Cl2FN3O5S/c1-5-20(3)34-30(38)21(4)35(18-26-27(31)8-7-9-28(26)32)29(37)19-36(23-12-14-24(15-13-23)41-6-2)42(39,40)25-16-10-22(33)11-17-25/h7-17,20-21H,5-6,18-19H2,1-4H3,(H,34,38). The summed E-state index contributed by atoms with van der Waals surface area (Å²) in [6, 6.07) is 14.2. The molecule has 2 amide bonds. The third kappa shape index (κ3) is 8.14. The van der Waals surface area contributed by atoms with Gasteiger partial charge in [0, 0.05) is 28.2 Å². The highest BCUT2D eigenvalue weighted by Gasteiger charge is 2.33. The summed E-state index contributed by atoms with van der Waals surface area (Å²) in [5.41, 5.74) is 0.579. The average molecular weight is 639 g/mol. The fraction of sp³-hybridized carbons (Fsp3) is 0.333. The van der Waals surface area contributed by atoms with Crippen LogP contribution in [0.1, 0.15) is 39.7 Å². The van der Waals surface area contributed by atoms with Crippen LogP contribution in [0.4, 0.5) is 10.1 Å². The summed E-state index contributed by atoms with van der Waals surface area (Å²) in [6.07, 6.45) is 0.671. The zero-order chi connectivity index (χ0) is 31.0. The van der Waals surface area contributed by atoms with Crippen LogP contribution in [0.3, 0.4) is 0 Å². The molecule has 0 radical (unpaired) electrons. The minimum absolute atomic E-state index is 0.153. The molecule has 0 saturated heterocycles. The highest BCUT2D eigenvalue weighted by molar-refractivity contribution is 7.92. The molecule has 8 nitrogen and oxygen atoms in total. The van der Waals surface area contributed by atoms with Crippen LogP contribution >= 0.6 is 23.2 Å². The molecule has 0 heterocycles. The normalized spacial score (nSPS) is 12.7. The van der Waals surface area contributed by atoms with E-state index in [1.807, 2.05) is 20.8 Å². The van der Waals surface area contributed by atoms with Crippen molar-refractivity contribution in [3.05, 3.63) is 88.2 Å². The van der Waals surface area contributed by atoms with Crippen LogP contribution in [0.5, 0.6) is 5.75 Å². The quantitative estimate of drug-likeness (QED) is 0.246. The Kier molecular flexibility index (Phi) is 11.6. The Hall–Kier alpha value is -3.34. The van der Waals surface area contributed by atoms with Gasteiger partial charge in [-0.1, -0.05) is 36.2 Å². The summed E-state index contributed by atoms with van der Waals surface area (Å²) >= 11 is 12.8. The molecule has 3 aromatic rings. The molecule has 0 aromatic heterocycles. The van der Waals surface area contributed by atoms with Crippen LogP contribution in [0.15, 0.2) is 71.6 Å². The maximum absolute atomic E-state index is 14.0. The Bertz CT molecular complexity index is 1470. The molecule has 1 N–H and O–H groups in total. The first kappa shape index (κ1) is 33.2. The summed E-state index contributed by atoms with van der Waals surface area (Å²) in [5, 5.41) is 3.44. The van der Waals surface area contributed by atoms with E-state index < -0.39 is 40.2 Å². The number of rotatable bonds is 13. The molecule has 0 saturated carbocycles. The van der Waals surface area contributed by atoms with Gasteiger partial charge in [-0.2, -0.15) is 0 Å². The van der Waals surface area contributed by atoms with Gasteiger partial charge in [0.2, 0.25) is 11.8 Å². The number of halogens is 3. The molecule has 2 unspecified atom stereocenters. The molecule has 0 aliphatic heterocycles. The van der Waals surface area contributed by atoms with Gasteiger partial charge in [0.15, 0.2) is 0 Å². The SMILES string of the molecule is CCOc1ccc(N(CC(=O)N(Cc2c(Cl)cccc2Cl)C(C)C(=O)NC(C)CC)S(=O)(=O)c2ccc(F)cc2)cc1. The second-order valence-electron chi connectivity index (χ2n) is 9.61. The highest BCUT2D eigenvalue weighted by Crippen LogP contribution is 2.29. The van der Waals surface area contributed by atoms with Crippen molar-refractivity contribution in [2.24, 2.45) is 0 Å². The van der Waals surface area contributed by atoms with E-state index in [0.29, 0.717) is 24.3 Å². The topological polar surface area (TPSA) is 96.0 Å². The Morgan fingerprint density at radius 2 is 1.55 bits per heavy atom. The minimum atomic E-state index is -4.36. The van der Waals surface area contributed by atoms with Crippen LogP contribution in [0.25, 0.3) is 0 Å². The van der Waals surface area contributed by atoms with Crippen molar-refractivity contribution in [1.29, 1.82) is 0 Å². The number of hydrogen-bond donors (Lipinski definition) is 1. The van der Waals surface area contributed by atoms with E-state index in [0.717, 1.165) is 28.6 Å². The van der Waals surface area contributed by atoms with Crippen molar-refractivity contribution in [3.8, 4) is 5.75 Å². The largest absolute Gasteiger partial charge is 0.494 e. The maximum Gasteiger partial charge on any atom is 0.264 e. The van der Waals surface area contributed by atoms with E-state index in [-0.39, 0.29) is 33.2 Å². The molecule has 2 atom stereocenters. The number of ether oxygens (including phenoxy) is 1. The molecule has 0 aliphatic rings. The third-order valence-electron chi connectivity index (χ3n) is 6.67. The van der Waals surface area contributed by atoms with Crippen LogP contribution in [0, 0.1) is 5.82 Å². The van der Waals surface area contributed by atoms with E-state index in [1.54, 1.807) is 37.3 Å². The summed E-state index contributed by atoms with van der Waals surface area (Å²) in [7, 11) is -4.36. The number of nitrogens with one attached hydrogen (secondary N) is 1. The van der Waals surface area contributed by atoms with Gasteiger partial charge < -0.3 is 15.0 Å². The van der Waals surface area contributed by atoms with E-state index in [1.165, 1.54) is 17.0 Å². The van der Waals surface area contributed by atoms with Crippen molar-refractivity contribution in [3.63, 3.8) is 0 Å². The van der Waals surface area contributed by atoms with Gasteiger partial charge in [-0.3, -0.25) is 13.9 Å². The number of nitrogens with zero attached hydrogens (tertiary/aromatic N) is 2. The van der Waals surface area contributed by atoms with E-state index in [2.05, 4.69) is 5.32 Å². The fourth-order valence-electron chi connectivity index (χ4n) is 4.04. The molecular weight excluding hydrogens is 604 g/mol. The molecule has 226 valence electrons. The lowest BCUT2D eigenvalue weighted by Crippen LogP contribution is -2.52. The minimum Gasteiger partial charge on any atom is -0.494 e. The van der Waals surface area contributed by atoms with Gasteiger partial charge in [0.05, 0.1) is 17.2 Å². The summed E-state index contributed by atoms with van der Waals surface area (Å²) in [6.45, 7) is 6.70. The monoisotopic (exact) mass is 637 g/mol. The third-order valence-corrected chi connectivity index (χ3v) is 9.17. The Balaban J connectivity index is 2.07. The predicted molar refractivity (Wildman–Crippen MR) is 163 cm³/mol. The fourth-order valence-corrected chi connectivity index (χ4v) is 5.97. The first-order valence-corrected chi connectivity index (χ1v) is 15.6. The van der Waals surface area contributed by atoms with E-state index in [4.69, 9.17) is 27.9 Å². The average Bonchev–Trinajstić information content (AvgIpc) is 2.96.